The summed E-state index contributed by atoms with van der Waals surface area (Å²) in [6, 6.07) is 20.6. The lowest BCUT2D eigenvalue weighted by molar-refractivity contribution is 0.488. The Morgan fingerprint density at radius 1 is 0.955 bits per heavy atom. The molecule has 22 heavy (non-hydrogen) atoms. The van der Waals surface area contributed by atoms with E-state index in [2.05, 4.69) is 42.2 Å². The van der Waals surface area contributed by atoms with Crippen LogP contribution in [0.1, 0.15) is 5.56 Å². The van der Waals surface area contributed by atoms with Crippen molar-refractivity contribution in [2.75, 3.05) is 0 Å². The summed E-state index contributed by atoms with van der Waals surface area (Å²) in [7, 11) is 0. The maximum atomic E-state index is 5.94. The average molecular weight is 323 g/mol. The van der Waals surface area contributed by atoms with Crippen LogP contribution in [0.2, 0.25) is 0 Å². The molecule has 108 valence electrons. The fraction of sp³-hybridized carbons (Fsp3) is 0.0556. The van der Waals surface area contributed by atoms with Crippen LogP contribution in [0.15, 0.2) is 75.1 Å². The van der Waals surface area contributed by atoms with Crippen LogP contribution in [0.3, 0.4) is 0 Å². The Bertz CT molecular complexity index is 889. The number of benzene rings is 2. The second-order valence-electron chi connectivity index (χ2n) is 5.02. The summed E-state index contributed by atoms with van der Waals surface area (Å²) in [6.45, 7) is 2.09. The lowest BCUT2D eigenvalue weighted by Gasteiger charge is -1.98. The second kappa shape index (κ2) is 5.63. The van der Waals surface area contributed by atoms with Crippen molar-refractivity contribution in [3.8, 4) is 10.8 Å². The topological polar surface area (TPSA) is 26.0 Å². The van der Waals surface area contributed by atoms with E-state index in [9.17, 15) is 0 Å². The number of nitrogens with zero attached hydrogens (tertiary/aromatic N) is 1. The first kappa shape index (κ1) is 13.6. The van der Waals surface area contributed by atoms with Crippen molar-refractivity contribution in [1.82, 2.24) is 4.98 Å². The van der Waals surface area contributed by atoms with Gasteiger partial charge >= 0.3 is 0 Å². The maximum Gasteiger partial charge on any atom is 0.165 e. The molecule has 2 heterocycles. The molecule has 0 atom stereocenters. The van der Waals surface area contributed by atoms with Gasteiger partial charge in [0.05, 0.1) is 10.2 Å². The van der Waals surface area contributed by atoms with Crippen LogP contribution in [-0.4, -0.2) is 4.98 Å². The molecule has 0 aliphatic heterocycles. The molecule has 2 nitrogen and oxygen atoms in total. The standard InChI is InChI=1S/C18H13NOS2/c1-12-6-8-13(9-7-12)21-17-11-10-15(20-17)18-19-14-4-2-3-5-16(14)22-18/h2-11H,1H3. The predicted molar refractivity (Wildman–Crippen MR) is 92.6 cm³/mol. The Balaban J connectivity index is 1.61. The van der Waals surface area contributed by atoms with Gasteiger partial charge in [0.1, 0.15) is 0 Å². The fourth-order valence-electron chi connectivity index (χ4n) is 2.19. The summed E-state index contributed by atoms with van der Waals surface area (Å²) in [5.74, 6) is 0.829. The molecule has 4 heteroatoms. The van der Waals surface area contributed by atoms with E-state index < -0.39 is 0 Å². The Morgan fingerprint density at radius 2 is 1.77 bits per heavy atom. The van der Waals surface area contributed by atoms with Gasteiger partial charge in [0.2, 0.25) is 0 Å². The van der Waals surface area contributed by atoms with Gasteiger partial charge in [-0.15, -0.1) is 11.3 Å². The van der Waals surface area contributed by atoms with Gasteiger partial charge in [0, 0.05) is 4.90 Å². The van der Waals surface area contributed by atoms with E-state index in [1.54, 1.807) is 23.1 Å². The largest absolute Gasteiger partial charge is 0.447 e. The van der Waals surface area contributed by atoms with Crippen molar-refractivity contribution in [3.05, 3.63) is 66.2 Å². The van der Waals surface area contributed by atoms with Crippen molar-refractivity contribution in [2.24, 2.45) is 0 Å². The minimum absolute atomic E-state index is 0.829. The highest BCUT2D eigenvalue weighted by Crippen LogP contribution is 2.35. The predicted octanol–water partition coefficient (Wildman–Crippen LogP) is 6.02. The number of rotatable bonds is 3. The summed E-state index contributed by atoms with van der Waals surface area (Å²) >= 11 is 3.29. The highest BCUT2D eigenvalue weighted by atomic mass is 32.2. The molecule has 4 aromatic rings. The Labute approximate surface area is 136 Å². The van der Waals surface area contributed by atoms with Crippen LogP contribution in [0.5, 0.6) is 0 Å². The van der Waals surface area contributed by atoms with Crippen LogP contribution in [0.25, 0.3) is 21.0 Å². The van der Waals surface area contributed by atoms with Crippen molar-refractivity contribution in [1.29, 1.82) is 0 Å². The molecule has 2 aromatic heterocycles. The zero-order chi connectivity index (χ0) is 14.9. The van der Waals surface area contributed by atoms with E-state index in [4.69, 9.17) is 4.42 Å². The number of fused-ring (bicyclic) bond motifs is 1. The average Bonchev–Trinajstić information content (AvgIpc) is 3.15. The number of hydrogen-bond acceptors (Lipinski definition) is 4. The van der Waals surface area contributed by atoms with Crippen molar-refractivity contribution in [2.45, 2.75) is 16.9 Å². The molecule has 0 saturated carbocycles. The molecule has 0 radical (unpaired) electrons. The van der Waals surface area contributed by atoms with Gasteiger partial charge in [0.25, 0.3) is 0 Å². The van der Waals surface area contributed by atoms with Crippen molar-refractivity contribution >= 4 is 33.3 Å². The number of furan rings is 1. The van der Waals surface area contributed by atoms with Gasteiger partial charge in [-0.3, -0.25) is 0 Å². The zero-order valence-corrected chi connectivity index (χ0v) is 13.6. The monoisotopic (exact) mass is 323 g/mol. The normalized spacial score (nSPS) is 11.1. The maximum absolute atomic E-state index is 5.94. The van der Waals surface area contributed by atoms with Crippen LogP contribution in [0, 0.1) is 6.92 Å². The highest BCUT2D eigenvalue weighted by molar-refractivity contribution is 7.99. The van der Waals surface area contributed by atoms with Gasteiger partial charge in [0.15, 0.2) is 15.9 Å². The SMILES string of the molecule is Cc1ccc(Sc2ccc(-c3nc4ccccc4s3)o2)cc1. The number of aryl methyl sites for hydroxylation is 1. The zero-order valence-electron chi connectivity index (χ0n) is 11.9. The highest BCUT2D eigenvalue weighted by Gasteiger charge is 2.11. The van der Waals surface area contributed by atoms with Crippen molar-refractivity contribution in [3.63, 3.8) is 0 Å². The molecule has 0 bridgehead atoms. The molecular formula is C18H13NOS2. The van der Waals surface area contributed by atoms with Crippen LogP contribution in [-0.2, 0) is 0 Å². The van der Waals surface area contributed by atoms with Gasteiger partial charge in [-0.1, -0.05) is 41.6 Å². The Morgan fingerprint density at radius 3 is 2.59 bits per heavy atom. The summed E-state index contributed by atoms with van der Waals surface area (Å²) in [5.41, 5.74) is 2.28. The number of hydrogen-bond donors (Lipinski definition) is 0. The summed E-state index contributed by atoms with van der Waals surface area (Å²) < 4.78 is 7.13. The van der Waals surface area contributed by atoms with E-state index in [1.807, 2.05) is 30.3 Å². The Hall–Kier alpha value is -2.04. The van der Waals surface area contributed by atoms with Crippen molar-refractivity contribution < 1.29 is 4.42 Å². The Kier molecular flexibility index (Phi) is 3.48. The fourth-order valence-corrected chi connectivity index (χ4v) is 3.89. The molecule has 2 aromatic carbocycles. The first-order chi connectivity index (χ1) is 10.8. The lowest BCUT2D eigenvalue weighted by Crippen LogP contribution is -1.73. The third-order valence-electron chi connectivity index (χ3n) is 3.33. The van der Waals surface area contributed by atoms with E-state index in [0.29, 0.717) is 0 Å². The summed E-state index contributed by atoms with van der Waals surface area (Å²) in [5, 5.41) is 1.81. The molecular weight excluding hydrogens is 310 g/mol. The van der Waals surface area contributed by atoms with E-state index in [-0.39, 0.29) is 0 Å². The van der Waals surface area contributed by atoms with Gasteiger partial charge < -0.3 is 4.42 Å². The smallest absolute Gasteiger partial charge is 0.165 e. The van der Waals surface area contributed by atoms with E-state index >= 15 is 0 Å². The lowest BCUT2D eigenvalue weighted by atomic mass is 10.2. The van der Waals surface area contributed by atoms with Crippen LogP contribution in [0.4, 0.5) is 0 Å². The molecule has 0 aliphatic carbocycles. The number of aromatic nitrogens is 1. The molecule has 0 saturated heterocycles. The number of para-hydroxylation sites is 1. The third kappa shape index (κ3) is 2.67. The second-order valence-corrected chi connectivity index (χ2v) is 7.13. The number of thiazole rings is 1. The molecule has 0 aliphatic rings. The quantitative estimate of drug-likeness (QED) is 0.461. The molecule has 0 N–H and O–H groups in total. The molecule has 0 unspecified atom stereocenters. The van der Waals surface area contributed by atoms with Gasteiger partial charge in [-0.05, 0) is 43.3 Å². The van der Waals surface area contributed by atoms with Gasteiger partial charge in [-0.2, -0.15) is 0 Å². The first-order valence-corrected chi connectivity index (χ1v) is 8.61. The molecule has 0 fully saturated rings. The minimum Gasteiger partial charge on any atom is -0.447 e. The third-order valence-corrected chi connectivity index (χ3v) is 5.30. The van der Waals surface area contributed by atoms with Crippen LogP contribution >= 0.6 is 23.1 Å². The molecule has 0 spiro atoms. The summed E-state index contributed by atoms with van der Waals surface area (Å²) in [6.07, 6.45) is 0. The molecule has 4 rings (SSSR count). The van der Waals surface area contributed by atoms with Crippen LogP contribution < -0.4 is 0 Å². The van der Waals surface area contributed by atoms with E-state index in [0.717, 1.165) is 21.4 Å². The molecule has 0 amide bonds. The summed E-state index contributed by atoms with van der Waals surface area (Å²) in [4.78, 5) is 5.81. The first-order valence-electron chi connectivity index (χ1n) is 6.98. The van der Waals surface area contributed by atoms with Gasteiger partial charge in [-0.25, -0.2) is 4.98 Å². The van der Waals surface area contributed by atoms with E-state index in [1.165, 1.54) is 15.2 Å². The minimum atomic E-state index is 0.829.